The van der Waals surface area contributed by atoms with Crippen molar-refractivity contribution in [1.82, 2.24) is 5.32 Å². The van der Waals surface area contributed by atoms with E-state index in [1.807, 2.05) is 0 Å². The molecule has 0 amide bonds. The van der Waals surface area contributed by atoms with E-state index >= 15 is 0 Å². The minimum Gasteiger partial charge on any atom is -0.310 e. The van der Waals surface area contributed by atoms with Gasteiger partial charge in [-0.25, -0.2) is 13.2 Å². The van der Waals surface area contributed by atoms with E-state index in [9.17, 15) is 13.2 Å². The van der Waals surface area contributed by atoms with Crippen molar-refractivity contribution in [2.45, 2.75) is 35.2 Å². The lowest BCUT2D eigenvalue weighted by Gasteiger charge is -2.09. The van der Waals surface area contributed by atoms with Crippen LogP contribution in [0, 0.1) is 17.5 Å². The summed E-state index contributed by atoms with van der Waals surface area (Å²) >= 11 is 0.890. The fourth-order valence-electron chi connectivity index (χ4n) is 2.01. The highest BCUT2D eigenvalue weighted by Crippen LogP contribution is 2.33. The van der Waals surface area contributed by atoms with Crippen LogP contribution in [-0.2, 0) is 6.54 Å². The molecule has 110 valence electrons. The fourth-order valence-corrected chi connectivity index (χ4v) is 2.88. The number of hydrogen-bond acceptors (Lipinski definition) is 2. The molecule has 0 atom stereocenters. The van der Waals surface area contributed by atoms with E-state index in [1.54, 1.807) is 6.07 Å². The standard InChI is InChI=1S/C16H14F3NS/c17-11-2-1-3-13(8-11)21-16-14(18)6-10(7-15(16)19)9-20-12-4-5-12/h1-3,6-8,12,20H,4-5,9H2. The van der Waals surface area contributed by atoms with Gasteiger partial charge in [0.15, 0.2) is 0 Å². The van der Waals surface area contributed by atoms with Gasteiger partial charge in [0.1, 0.15) is 17.5 Å². The van der Waals surface area contributed by atoms with Gasteiger partial charge in [0, 0.05) is 17.5 Å². The Morgan fingerprint density at radius 2 is 1.76 bits per heavy atom. The van der Waals surface area contributed by atoms with Crippen molar-refractivity contribution in [2.24, 2.45) is 0 Å². The van der Waals surface area contributed by atoms with Crippen LogP contribution >= 0.6 is 11.8 Å². The predicted molar refractivity (Wildman–Crippen MR) is 76.7 cm³/mol. The first-order chi connectivity index (χ1) is 10.1. The van der Waals surface area contributed by atoms with Crippen LogP contribution < -0.4 is 5.32 Å². The minimum atomic E-state index is -0.614. The third kappa shape index (κ3) is 3.80. The zero-order valence-electron chi connectivity index (χ0n) is 11.2. The largest absolute Gasteiger partial charge is 0.310 e. The second-order valence-corrected chi connectivity index (χ2v) is 6.19. The van der Waals surface area contributed by atoms with Crippen LogP contribution in [0.15, 0.2) is 46.2 Å². The number of halogens is 3. The smallest absolute Gasteiger partial charge is 0.140 e. The molecule has 1 saturated carbocycles. The number of rotatable bonds is 5. The van der Waals surface area contributed by atoms with E-state index in [1.165, 1.54) is 30.3 Å². The van der Waals surface area contributed by atoms with Crippen LogP contribution in [0.5, 0.6) is 0 Å². The highest BCUT2D eigenvalue weighted by Gasteiger charge is 2.20. The Morgan fingerprint density at radius 3 is 2.38 bits per heavy atom. The summed E-state index contributed by atoms with van der Waals surface area (Å²) in [5.41, 5.74) is 0.584. The third-order valence-corrected chi connectivity index (χ3v) is 4.33. The molecule has 21 heavy (non-hydrogen) atoms. The summed E-state index contributed by atoms with van der Waals surface area (Å²) in [5, 5.41) is 3.21. The molecule has 0 aliphatic heterocycles. The Balaban J connectivity index is 1.78. The molecule has 1 aliphatic carbocycles. The SMILES string of the molecule is Fc1cccc(Sc2c(F)cc(CNC3CC3)cc2F)c1. The molecule has 0 saturated heterocycles. The second kappa shape index (κ2) is 6.12. The zero-order valence-corrected chi connectivity index (χ0v) is 12.0. The maximum atomic E-state index is 14.1. The molecule has 2 aromatic rings. The molecule has 0 unspecified atom stereocenters. The summed E-state index contributed by atoms with van der Waals surface area (Å²) in [5.74, 6) is -1.65. The summed E-state index contributed by atoms with van der Waals surface area (Å²) in [6, 6.07) is 8.84. The van der Waals surface area contributed by atoms with Gasteiger partial charge >= 0.3 is 0 Å². The van der Waals surface area contributed by atoms with Crippen molar-refractivity contribution in [3.8, 4) is 0 Å². The molecule has 0 aromatic heterocycles. The molecule has 0 radical (unpaired) electrons. The van der Waals surface area contributed by atoms with Crippen molar-refractivity contribution in [3.05, 3.63) is 59.4 Å². The maximum absolute atomic E-state index is 14.1. The van der Waals surface area contributed by atoms with Gasteiger partial charge in [-0.3, -0.25) is 0 Å². The average Bonchev–Trinajstić information content (AvgIpc) is 3.25. The quantitative estimate of drug-likeness (QED) is 0.872. The first-order valence-corrected chi connectivity index (χ1v) is 7.58. The second-order valence-electron chi connectivity index (χ2n) is 5.10. The topological polar surface area (TPSA) is 12.0 Å². The summed E-state index contributed by atoms with van der Waals surface area (Å²) in [4.78, 5) is 0.368. The van der Waals surface area contributed by atoms with Gasteiger partial charge in [0.2, 0.25) is 0 Å². The molecule has 0 bridgehead atoms. The van der Waals surface area contributed by atoms with Gasteiger partial charge in [-0.05, 0) is 48.7 Å². The summed E-state index contributed by atoms with van der Waals surface area (Å²) in [6.45, 7) is 0.462. The summed E-state index contributed by atoms with van der Waals surface area (Å²) < 4.78 is 41.2. The maximum Gasteiger partial charge on any atom is 0.140 e. The van der Waals surface area contributed by atoms with Crippen molar-refractivity contribution in [3.63, 3.8) is 0 Å². The lowest BCUT2D eigenvalue weighted by atomic mass is 10.2. The van der Waals surface area contributed by atoms with E-state index < -0.39 is 17.5 Å². The van der Waals surface area contributed by atoms with Crippen LogP contribution in [0.4, 0.5) is 13.2 Å². The number of hydrogen-bond donors (Lipinski definition) is 1. The van der Waals surface area contributed by atoms with Crippen molar-refractivity contribution < 1.29 is 13.2 Å². The molecule has 1 N–H and O–H groups in total. The first kappa shape index (κ1) is 14.5. The van der Waals surface area contributed by atoms with Crippen molar-refractivity contribution >= 4 is 11.8 Å². The van der Waals surface area contributed by atoms with Gasteiger partial charge in [0.05, 0.1) is 4.90 Å². The molecule has 1 nitrogen and oxygen atoms in total. The Morgan fingerprint density at radius 1 is 1.05 bits per heavy atom. The molecule has 2 aromatic carbocycles. The Kier molecular flexibility index (Phi) is 4.22. The van der Waals surface area contributed by atoms with Crippen molar-refractivity contribution in [2.75, 3.05) is 0 Å². The Hall–Kier alpha value is -1.46. The first-order valence-electron chi connectivity index (χ1n) is 6.76. The van der Waals surface area contributed by atoms with Gasteiger partial charge in [-0.15, -0.1) is 0 Å². The molecule has 0 spiro atoms. The van der Waals surface area contributed by atoms with Crippen molar-refractivity contribution in [1.29, 1.82) is 0 Å². The highest BCUT2D eigenvalue weighted by molar-refractivity contribution is 7.99. The lowest BCUT2D eigenvalue weighted by Crippen LogP contribution is -2.15. The van der Waals surface area contributed by atoms with Gasteiger partial charge in [0.25, 0.3) is 0 Å². The molecule has 3 rings (SSSR count). The summed E-state index contributed by atoms with van der Waals surface area (Å²) in [6.07, 6.45) is 2.25. The Bertz CT molecular complexity index is 633. The van der Waals surface area contributed by atoms with Gasteiger partial charge in [-0.1, -0.05) is 17.8 Å². The summed E-state index contributed by atoms with van der Waals surface area (Å²) in [7, 11) is 0. The number of benzene rings is 2. The molecule has 1 fully saturated rings. The van der Waals surface area contributed by atoms with E-state index in [-0.39, 0.29) is 4.90 Å². The lowest BCUT2D eigenvalue weighted by molar-refractivity contribution is 0.534. The Labute approximate surface area is 125 Å². The predicted octanol–water partition coefficient (Wildman–Crippen LogP) is 4.51. The van der Waals surface area contributed by atoms with E-state index in [2.05, 4.69) is 5.32 Å². The van der Waals surface area contributed by atoms with Crippen LogP contribution in [-0.4, -0.2) is 6.04 Å². The fraction of sp³-hybridized carbons (Fsp3) is 0.250. The van der Waals surface area contributed by atoms with E-state index in [4.69, 9.17) is 0 Å². The van der Waals surface area contributed by atoms with Crippen LogP contribution in [0.3, 0.4) is 0 Å². The molecule has 5 heteroatoms. The highest BCUT2D eigenvalue weighted by atomic mass is 32.2. The molecular weight excluding hydrogens is 295 g/mol. The van der Waals surface area contributed by atoms with E-state index in [0.29, 0.717) is 23.0 Å². The molecule has 1 aliphatic rings. The normalized spacial score (nSPS) is 14.4. The van der Waals surface area contributed by atoms with Crippen LogP contribution in [0.25, 0.3) is 0 Å². The molecular formula is C16H14F3NS. The van der Waals surface area contributed by atoms with E-state index in [0.717, 1.165) is 24.6 Å². The van der Waals surface area contributed by atoms with Crippen LogP contribution in [0.1, 0.15) is 18.4 Å². The average molecular weight is 309 g/mol. The van der Waals surface area contributed by atoms with Gasteiger partial charge < -0.3 is 5.32 Å². The minimum absolute atomic E-state index is 0.101. The third-order valence-electron chi connectivity index (χ3n) is 3.25. The van der Waals surface area contributed by atoms with Crippen LogP contribution in [0.2, 0.25) is 0 Å². The van der Waals surface area contributed by atoms with Gasteiger partial charge in [-0.2, -0.15) is 0 Å². The molecule has 0 heterocycles. The monoisotopic (exact) mass is 309 g/mol. The zero-order chi connectivity index (χ0) is 14.8. The number of nitrogens with one attached hydrogen (secondary N) is 1.